The van der Waals surface area contributed by atoms with Crippen molar-refractivity contribution < 1.29 is 63.0 Å². The van der Waals surface area contributed by atoms with Crippen LogP contribution >= 0.6 is 22.7 Å². The van der Waals surface area contributed by atoms with E-state index in [-0.39, 0.29) is 82.4 Å². The number of ketones is 1. The highest BCUT2D eigenvalue weighted by Gasteiger charge is 2.39. The van der Waals surface area contributed by atoms with Crippen molar-refractivity contribution in [3.8, 4) is 5.75 Å². The average molecular weight is 965 g/mol. The maximum Gasteiger partial charge on any atom is 0.526 e. The first-order chi connectivity index (χ1) is 31.5. The number of nitrogens with one attached hydrogen (secondary N) is 2. The molecule has 1 atom stereocenters. The summed E-state index contributed by atoms with van der Waals surface area (Å²) < 4.78 is 20.9. The molecule has 1 aliphatic heterocycles. The van der Waals surface area contributed by atoms with Gasteiger partial charge in [0.15, 0.2) is 17.5 Å². The summed E-state index contributed by atoms with van der Waals surface area (Å²) in [4.78, 5) is 82.7. The van der Waals surface area contributed by atoms with Crippen molar-refractivity contribution in [2.75, 3.05) is 6.61 Å². The lowest BCUT2D eigenvalue weighted by Crippen LogP contribution is -2.47. The number of para-hydroxylation sites is 1. The van der Waals surface area contributed by atoms with Crippen molar-refractivity contribution in [2.24, 2.45) is 31.8 Å². The van der Waals surface area contributed by atoms with Gasteiger partial charge in [0.05, 0.1) is 12.2 Å². The summed E-state index contributed by atoms with van der Waals surface area (Å²) in [7, 11) is -1.40. The molecule has 67 heavy (non-hydrogen) atoms. The first kappa shape index (κ1) is 52.2. The van der Waals surface area contributed by atoms with Gasteiger partial charge < -0.3 is 50.5 Å². The summed E-state index contributed by atoms with van der Waals surface area (Å²) >= 11 is 2.07. The van der Waals surface area contributed by atoms with Crippen LogP contribution in [0.25, 0.3) is 0 Å². The third-order valence-electron chi connectivity index (χ3n) is 8.10. The minimum absolute atomic E-state index is 0.0707. The lowest BCUT2D eigenvalue weighted by Gasteiger charge is -2.27. The first-order valence-electron chi connectivity index (χ1n) is 20.0. The smallest absolute Gasteiger partial charge is 0.526 e. The van der Waals surface area contributed by atoms with Gasteiger partial charge in [0.2, 0.25) is 21.9 Å². The second-order valence-corrected chi connectivity index (χ2v) is 17.5. The van der Waals surface area contributed by atoms with Crippen LogP contribution in [0.5, 0.6) is 5.75 Å². The van der Waals surface area contributed by atoms with Crippen LogP contribution in [0.4, 0.5) is 19.9 Å². The molecule has 0 aliphatic carbocycles. The molecule has 4 aromatic rings. The number of guanidine groups is 2. The first-order valence-corrected chi connectivity index (χ1v) is 21.8. The van der Waals surface area contributed by atoms with Gasteiger partial charge in [0.25, 0.3) is 0 Å². The Balaban J connectivity index is 0.000000302. The molecule has 1 aliphatic rings. The number of oxime groups is 2. The van der Waals surface area contributed by atoms with Gasteiger partial charge in [0, 0.05) is 23.0 Å². The number of alkyl carbamates (subject to hydrolysis) is 2. The van der Waals surface area contributed by atoms with Crippen LogP contribution in [0.1, 0.15) is 87.8 Å². The van der Waals surface area contributed by atoms with E-state index in [4.69, 9.17) is 35.2 Å². The van der Waals surface area contributed by atoms with Gasteiger partial charge in [-0.2, -0.15) is 9.98 Å². The monoisotopic (exact) mass is 964 g/mol. The van der Waals surface area contributed by atoms with Crippen LogP contribution in [0.3, 0.4) is 0 Å². The van der Waals surface area contributed by atoms with Crippen LogP contribution in [-0.4, -0.2) is 103 Å². The lowest BCUT2D eigenvalue weighted by atomic mass is 9.64. The highest BCUT2D eigenvalue weighted by atomic mass is 32.1. The van der Waals surface area contributed by atoms with E-state index in [0.29, 0.717) is 5.56 Å². The number of aromatic nitrogens is 2. The number of fused-ring (bicyclic) bond motifs is 1. The molecule has 2 aromatic carbocycles. The lowest BCUT2D eigenvalue weighted by molar-refractivity contribution is -0.135. The number of carbonyl (C=O) groups is 5. The number of amides is 2. The Bertz CT molecular complexity index is 2500. The number of nitrogens with two attached hydrogens (primary N) is 2. The molecule has 23 nitrogen and oxygen atoms in total. The van der Waals surface area contributed by atoms with E-state index in [1.807, 2.05) is 30.3 Å². The van der Waals surface area contributed by atoms with E-state index >= 15 is 0 Å². The Morgan fingerprint density at radius 1 is 0.866 bits per heavy atom. The fourth-order valence-corrected chi connectivity index (χ4v) is 6.85. The zero-order chi connectivity index (χ0) is 49.5. The quantitative estimate of drug-likeness (QED) is 0.0176. The number of ether oxygens (including phenoxy) is 3. The van der Waals surface area contributed by atoms with Gasteiger partial charge in [-0.1, -0.05) is 52.8 Å². The maximum atomic E-state index is 12.6. The third kappa shape index (κ3) is 16.8. The summed E-state index contributed by atoms with van der Waals surface area (Å²) in [5.74, 6) is -3.59. The van der Waals surface area contributed by atoms with E-state index < -0.39 is 54.0 Å². The zero-order valence-corrected chi connectivity index (χ0v) is 39.0. The number of carboxylic acids is 1. The maximum absolute atomic E-state index is 12.6. The number of Topliss-reactive ketones (excluding diaryl/α,β-unsaturated/α-hetero) is 1. The summed E-state index contributed by atoms with van der Waals surface area (Å²) in [6.07, 6.45) is -1.72. The molecular formula is C41H49BN10O13S2. The Morgan fingerprint density at radius 2 is 1.45 bits per heavy atom. The number of carbonyl (C=O) groups excluding carboxylic acids is 4. The number of aromatic carboxylic acids is 1. The van der Waals surface area contributed by atoms with Crippen molar-refractivity contribution >= 4 is 93.3 Å². The SMILES string of the molecule is CCOC(=O)/C(=N\OCc1ccccc1)c1csc(N=C(NC(=O)OC(C)(C)C)NC(=O)OC(C)(C)C)n1.NC(N)=Nc1nc(/C(=N/O)C(=O)C[C@H]2Cc3cccc(C(=O)O)c3OB2O)cs1. The number of thiazole rings is 2. The number of benzene rings is 2. The number of aliphatic imine (C=N–C) groups is 2. The number of nitrogens with zero attached hydrogens (tertiary/aromatic N) is 6. The summed E-state index contributed by atoms with van der Waals surface area (Å²) in [5, 5.41) is 43.7. The predicted octanol–water partition coefficient (Wildman–Crippen LogP) is 5.03. The largest absolute Gasteiger partial charge is 0.535 e. The van der Waals surface area contributed by atoms with Crippen molar-refractivity contribution in [2.45, 2.75) is 84.9 Å². The second kappa shape index (κ2) is 23.7. The highest BCUT2D eigenvalue weighted by molar-refractivity contribution is 7.14. The summed E-state index contributed by atoms with van der Waals surface area (Å²) in [6.45, 7) is 12.0. The molecule has 0 fully saturated rings. The highest BCUT2D eigenvalue weighted by Crippen LogP contribution is 2.36. The van der Waals surface area contributed by atoms with Crippen LogP contribution in [0, 0.1) is 0 Å². The molecule has 2 amide bonds. The predicted molar refractivity (Wildman–Crippen MR) is 247 cm³/mol. The van der Waals surface area contributed by atoms with Gasteiger partial charge in [-0.15, -0.1) is 22.7 Å². The molecule has 0 bridgehead atoms. The summed E-state index contributed by atoms with van der Waals surface area (Å²) in [6, 6.07) is 13.9. The van der Waals surface area contributed by atoms with Gasteiger partial charge in [-0.05, 0) is 72.1 Å². The van der Waals surface area contributed by atoms with E-state index in [9.17, 15) is 39.3 Å². The molecule has 356 valence electrons. The van der Waals surface area contributed by atoms with Gasteiger partial charge in [-0.25, -0.2) is 29.1 Å². The molecule has 26 heteroatoms. The Hall–Kier alpha value is -7.45. The van der Waals surface area contributed by atoms with E-state index in [1.165, 1.54) is 16.8 Å². The summed E-state index contributed by atoms with van der Waals surface area (Å²) in [5.41, 5.74) is 10.1. The van der Waals surface area contributed by atoms with Crippen molar-refractivity contribution in [1.82, 2.24) is 20.6 Å². The standard InChI is InChI=1S/C25H33N5O7S.C16H16BN5O6S/c1-8-34-19(31)18(30-35-14-16-12-10-9-11-13-16)17-15-38-21(26-17)27-20(28-22(32)36-24(2,3)4)29-23(33)37-25(5,6)7;18-15(19)21-16-20-10(6-29-16)12(22-27)11(23)5-8-4-7-2-1-3-9(14(24)25)13(7)28-17(8)26/h9-13,15H,8,14H2,1-7H3,(H2,26,27,28,29,32,33);1-3,6,8,26-27H,4-5H2,(H,24,25)(H4,18,19,20,21)/b30-18-;22-12-/t;8-/m.1/s1. The molecule has 0 radical (unpaired) electrons. The molecule has 9 N–H and O–H groups in total. The Labute approximate surface area is 392 Å². The van der Waals surface area contributed by atoms with E-state index in [0.717, 1.165) is 28.2 Å². The van der Waals surface area contributed by atoms with Gasteiger partial charge >= 0.3 is 31.2 Å². The molecule has 0 unspecified atom stereocenters. The normalized spacial score (nSPS) is 13.6. The van der Waals surface area contributed by atoms with Gasteiger partial charge in [0.1, 0.15) is 34.9 Å². The molecule has 5 rings (SSSR count). The van der Waals surface area contributed by atoms with Gasteiger partial charge in [-0.3, -0.25) is 15.4 Å². The molecule has 0 saturated heterocycles. The Kier molecular flexibility index (Phi) is 18.4. The van der Waals surface area contributed by atoms with E-state index in [1.54, 1.807) is 60.6 Å². The Morgan fingerprint density at radius 3 is 1.99 bits per heavy atom. The molecule has 3 heterocycles. The zero-order valence-electron chi connectivity index (χ0n) is 37.3. The molecule has 2 aromatic heterocycles. The van der Waals surface area contributed by atoms with Crippen LogP contribution < -0.4 is 26.8 Å². The van der Waals surface area contributed by atoms with Crippen molar-refractivity contribution in [3.05, 3.63) is 87.4 Å². The number of hydrogen-bond donors (Lipinski definition) is 7. The fraction of sp³-hybridized carbons (Fsp3) is 0.341. The van der Waals surface area contributed by atoms with Crippen LogP contribution in [0.15, 0.2) is 79.6 Å². The minimum Gasteiger partial charge on any atom is -0.535 e. The molecular weight excluding hydrogens is 915 g/mol. The fourth-order valence-electron chi connectivity index (χ4n) is 5.49. The van der Waals surface area contributed by atoms with Crippen LogP contribution in [0.2, 0.25) is 5.82 Å². The molecule has 0 saturated carbocycles. The van der Waals surface area contributed by atoms with Crippen LogP contribution in [-0.2, 0) is 41.7 Å². The number of rotatable bonds is 13. The van der Waals surface area contributed by atoms with E-state index in [2.05, 4.69) is 40.9 Å². The third-order valence-corrected chi connectivity index (χ3v) is 9.57. The number of carboxylic acid groups (broad SMARTS) is 1. The second-order valence-electron chi connectivity index (χ2n) is 15.8. The topological polar surface area (TPSA) is 344 Å². The van der Waals surface area contributed by atoms with Crippen molar-refractivity contribution in [1.29, 1.82) is 0 Å². The van der Waals surface area contributed by atoms with Crippen molar-refractivity contribution in [3.63, 3.8) is 0 Å². The number of hydrogen-bond acceptors (Lipinski definition) is 20. The molecule has 0 spiro atoms. The number of esters is 1. The average Bonchev–Trinajstić information content (AvgIpc) is 3.88. The minimum atomic E-state index is -1.40.